The monoisotopic (exact) mass is 320 g/mol. The van der Waals surface area contributed by atoms with Crippen molar-refractivity contribution in [2.45, 2.75) is 16.2 Å². The van der Waals surface area contributed by atoms with E-state index in [4.69, 9.17) is 4.74 Å². The van der Waals surface area contributed by atoms with Gasteiger partial charge in [0.1, 0.15) is 5.75 Å². The molecule has 0 saturated carbocycles. The predicted octanol–water partition coefficient (Wildman–Crippen LogP) is 4.43. The second-order valence-electron chi connectivity index (χ2n) is 5.58. The molecule has 0 N–H and O–H groups in total. The summed E-state index contributed by atoms with van der Waals surface area (Å²) >= 11 is 0. The van der Waals surface area contributed by atoms with E-state index in [2.05, 4.69) is 24.3 Å². The van der Waals surface area contributed by atoms with Gasteiger partial charge in [0.05, 0.1) is 27.7 Å². The number of fused-ring (bicyclic) bond motifs is 3. The summed E-state index contributed by atoms with van der Waals surface area (Å²) in [5.41, 5.74) is 4.67. The maximum atomic E-state index is 12.7. The first-order valence-corrected chi connectivity index (χ1v) is 8.69. The molecule has 0 amide bonds. The molecule has 4 rings (SSSR count). The van der Waals surface area contributed by atoms with E-state index in [0.717, 1.165) is 33.1 Å². The zero-order valence-electron chi connectivity index (χ0n) is 12.8. The van der Waals surface area contributed by atoms with Crippen LogP contribution in [0.4, 0.5) is 0 Å². The largest absolute Gasteiger partial charge is 0.497 e. The molecule has 0 bridgehead atoms. The van der Waals surface area contributed by atoms with E-state index in [9.17, 15) is 4.21 Å². The molecule has 1 atom stereocenters. The summed E-state index contributed by atoms with van der Waals surface area (Å²) in [5, 5.41) is 0. The third kappa shape index (κ3) is 2.37. The Hall–Kier alpha value is -2.39. The number of methoxy groups -OCH3 is 1. The second kappa shape index (κ2) is 5.67. The summed E-state index contributed by atoms with van der Waals surface area (Å²) in [4.78, 5) is 1.85. The molecule has 3 aromatic rings. The van der Waals surface area contributed by atoms with E-state index in [1.165, 1.54) is 11.1 Å². The first kappa shape index (κ1) is 14.2. The highest BCUT2D eigenvalue weighted by Crippen LogP contribution is 2.43. The number of hydrogen-bond acceptors (Lipinski definition) is 2. The van der Waals surface area contributed by atoms with E-state index in [1.807, 2.05) is 42.5 Å². The summed E-state index contributed by atoms with van der Waals surface area (Å²) in [7, 11) is 0.606. The summed E-state index contributed by atoms with van der Waals surface area (Å²) in [6.45, 7) is 0. The molecule has 1 heterocycles. The van der Waals surface area contributed by atoms with Crippen molar-refractivity contribution < 1.29 is 8.95 Å². The Balaban J connectivity index is 1.79. The van der Waals surface area contributed by atoms with Crippen LogP contribution in [-0.2, 0) is 17.2 Å². The topological polar surface area (TPSA) is 26.3 Å². The van der Waals surface area contributed by atoms with Crippen molar-refractivity contribution >= 4 is 10.8 Å². The van der Waals surface area contributed by atoms with Crippen molar-refractivity contribution in [1.82, 2.24) is 0 Å². The fourth-order valence-corrected chi connectivity index (χ4v) is 4.54. The molecule has 0 spiro atoms. The molecular formula is C20H16O2S. The molecule has 3 heteroatoms. The highest BCUT2D eigenvalue weighted by molar-refractivity contribution is 7.85. The molecule has 1 aliphatic heterocycles. The second-order valence-corrected chi connectivity index (χ2v) is 7.00. The fourth-order valence-electron chi connectivity index (χ4n) is 3.10. The van der Waals surface area contributed by atoms with E-state index in [1.54, 1.807) is 7.11 Å². The predicted molar refractivity (Wildman–Crippen MR) is 92.4 cm³/mol. The van der Waals surface area contributed by atoms with Gasteiger partial charge in [0.15, 0.2) is 0 Å². The van der Waals surface area contributed by atoms with Crippen LogP contribution < -0.4 is 4.74 Å². The lowest BCUT2D eigenvalue weighted by molar-refractivity contribution is 0.414. The van der Waals surface area contributed by atoms with Crippen LogP contribution in [0.2, 0.25) is 0 Å². The van der Waals surface area contributed by atoms with Gasteiger partial charge in [0, 0.05) is 5.56 Å². The highest BCUT2D eigenvalue weighted by Gasteiger charge is 2.27. The number of benzene rings is 3. The minimum atomic E-state index is -1.07. The van der Waals surface area contributed by atoms with Crippen LogP contribution in [0.3, 0.4) is 0 Å². The first-order valence-electron chi connectivity index (χ1n) is 7.54. The Morgan fingerprint density at radius 1 is 0.870 bits per heavy atom. The lowest BCUT2D eigenvalue weighted by Gasteiger charge is -2.09. The minimum Gasteiger partial charge on any atom is -0.497 e. The summed E-state index contributed by atoms with van der Waals surface area (Å²) in [6, 6.07) is 22.2. The molecule has 3 aromatic carbocycles. The summed E-state index contributed by atoms with van der Waals surface area (Å²) in [5.74, 6) is 0.860. The van der Waals surface area contributed by atoms with Crippen molar-refractivity contribution in [2.24, 2.45) is 0 Å². The van der Waals surface area contributed by atoms with E-state index >= 15 is 0 Å². The van der Waals surface area contributed by atoms with Gasteiger partial charge < -0.3 is 4.74 Å². The van der Waals surface area contributed by atoms with E-state index in [0.29, 0.717) is 0 Å². The Morgan fingerprint density at radius 2 is 1.61 bits per heavy atom. The smallest absolute Gasteiger partial charge is 0.118 e. The molecule has 0 aromatic heterocycles. The Kier molecular flexibility index (Phi) is 3.50. The minimum absolute atomic E-state index is 0.818. The molecule has 1 unspecified atom stereocenters. The first-order chi connectivity index (χ1) is 11.3. The lowest BCUT2D eigenvalue weighted by Crippen LogP contribution is -1.93. The average molecular weight is 320 g/mol. The molecule has 2 nitrogen and oxygen atoms in total. The third-order valence-electron chi connectivity index (χ3n) is 4.22. The van der Waals surface area contributed by atoms with Crippen LogP contribution in [0.1, 0.15) is 11.1 Å². The zero-order chi connectivity index (χ0) is 15.8. The van der Waals surface area contributed by atoms with Crippen LogP contribution in [0.25, 0.3) is 11.1 Å². The normalized spacial score (nSPS) is 15.1. The molecule has 0 aliphatic carbocycles. The van der Waals surface area contributed by atoms with E-state index < -0.39 is 10.8 Å². The van der Waals surface area contributed by atoms with Crippen LogP contribution in [-0.4, -0.2) is 11.3 Å². The fraction of sp³-hybridized carbons (Fsp3) is 0.100. The van der Waals surface area contributed by atoms with Crippen LogP contribution in [0, 0.1) is 0 Å². The van der Waals surface area contributed by atoms with Gasteiger partial charge in [-0.3, -0.25) is 0 Å². The van der Waals surface area contributed by atoms with Crippen LogP contribution in [0.15, 0.2) is 76.5 Å². The van der Waals surface area contributed by atoms with Gasteiger partial charge in [-0.1, -0.05) is 42.5 Å². The Bertz CT molecular complexity index is 898. The van der Waals surface area contributed by atoms with Gasteiger partial charge in [-0.15, -0.1) is 0 Å². The third-order valence-corrected chi connectivity index (χ3v) is 5.72. The molecule has 114 valence electrons. The Labute approximate surface area is 138 Å². The molecule has 1 aliphatic rings. The summed E-state index contributed by atoms with van der Waals surface area (Å²) in [6.07, 6.45) is 0.818. The van der Waals surface area contributed by atoms with Crippen molar-refractivity contribution in [3.05, 3.63) is 77.9 Å². The van der Waals surface area contributed by atoms with Crippen molar-refractivity contribution in [3.63, 3.8) is 0 Å². The maximum absolute atomic E-state index is 12.7. The molecular weight excluding hydrogens is 304 g/mol. The quantitative estimate of drug-likeness (QED) is 0.558. The van der Waals surface area contributed by atoms with Crippen molar-refractivity contribution in [1.29, 1.82) is 0 Å². The van der Waals surface area contributed by atoms with Gasteiger partial charge in [-0.05, 0) is 47.4 Å². The van der Waals surface area contributed by atoms with Crippen LogP contribution >= 0.6 is 0 Å². The van der Waals surface area contributed by atoms with Crippen molar-refractivity contribution in [2.75, 3.05) is 7.11 Å². The maximum Gasteiger partial charge on any atom is 0.118 e. The zero-order valence-corrected chi connectivity index (χ0v) is 13.6. The van der Waals surface area contributed by atoms with Gasteiger partial charge in [0.2, 0.25) is 0 Å². The standard InChI is InChI=1S/C20H16O2S/c1-22-16-11-9-14(10-12-16)13-15-5-4-8-19-20(15)17-6-2-3-7-18(17)23(19)21/h2-12H,13H2,1H3. The SMILES string of the molecule is COc1ccc(Cc2cccc3c2-c2ccccc2S3=O)cc1. The average Bonchev–Trinajstić information content (AvgIpc) is 2.90. The Morgan fingerprint density at radius 3 is 2.39 bits per heavy atom. The highest BCUT2D eigenvalue weighted by atomic mass is 32.2. The van der Waals surface area contributed by atoms with Gasteiger partial charge in [0.25, 0.3) is 0 Å². The molecule has 0 saturated heterocycles. The molecule has 23 heavy (non-hydrogen) atoms. The number of rotatable bonds is 3. The van der Waals surface area contributed by atoms with Crippen LogP contribution in [0.5, 0.6) is 5.75 Å². The van der Waals surface area contributed by atoms with E-state index in [-0.39, 0.29) is 0 Å². The number of hydrogen-bond donors (Lipinski definition) is 0. The number of ether oxygens (including phenoxy) is 1. The molecule has 0 fully saturated rings. The summed E-state index contributed by atoms with van der Waals surface area (Å²) < 4.78 is 17.9. The van der Waals surface area contributed by atoms with Gasteiger partial charge >= 0.3 is 0 Å². The van der Waals surface area contributed by atoms with Gasteiger partial charge in [-0.25, -0.2) is 4.21 Å². The van der Waals surface area contributed by atoms with Gasteiger partial charge in [-0.2, -0.15) is 0 Å². The molecule has 0 radical (unpaired) electrons. The lowest BCUT2D eigenvalue weighted by atomic mass is 9.95. The van der Waals surface area contributed by atoms with Crippen molar-refractivity contribution in [3.8, 4) is 16.9 Å².